The Morgan fingerprint density at radius 3 is 2.44 bits per heavy atom. The number of rotatable bonds is 1. The number of hydrogen-bond donors (Lipinski definition) is 2. The Balaban J connectivity index is 1.59. The van der Waals surface area contributed by atoms with Gasteiger partial charge in [0.25, 0.3) is 0 Å². The van der Waals surface area contributed by atoms with Crippen LogP contribution >= 0.6 is 0 Å². The van der Waals surface area contributed by atoms with Crippen LogP contribution in [0.3, 0.4) is 0 Å². The highest BCUT2D eigenvalue weighted by atomic mass is 15.4. The summed E-state index contributed by atoms with van der Waals surface area (Å²) < 4.78 is 0. The summed E-state index contributed by atoms with van der Waals surface area (Å²) in [6, 6.07) is 1.49. The second kappa shape index (κ2) is 3.52. The van der Waals surface area contributed by atoms with E-state index in [9.17, 15) is 0 Å². The third-order valence-electron chi connectivity index (χ3n) is 7.67. The van der Waals surface area contributed by atoms with E-state index in [2.05, 4.69) is 31.6 Å². The van der Waals surface area contributed by atoms with E-state index in [1.54, 1.807) is 0 Å². The smallest absolute Gasteiger partial charge is 0.0303 e. The fourth-order valence-corrected chi connectivity index (χ4v) is 5.84. The van der Waals surface area contributed by atoms with Crippen molar-refractivity contribution < 1.29 is 0 Å². The van der Waals surface area contributed by atoms with Crippen LogP contribution in [0.2, 0.25) is 0 Å². The van der Waals surface area contributed by atoms with Crippen molar-refractivity contribution in [1.29, 1.82) is 0 Å². The molecule has 0 amide bonds. The maximum Gasteiger partial charge on any atom is 0.0303 e. The van der Waals surface area contributed by atoms with E-state index in [1.165, 1.54) is 38.5 Å². The van der Waals surface area contributed by atoms with E-state index in [4.69, 9.17) is 0 Å². The molecule has 1 heterocycles. The molecule has 0 radical (unpaired) electrons. The van der Waals surface area contributed by atoms with Gasteiger partial charge in [-0.15, -0.1) is 0 Å². The van der Waals surface area contributed by atoms with Crippen LogP contribution in [0.4, 0.5) is 0 Å². The molecule has 0 aromatic heterocycles. The molecule has 2 bridgehead atoms. The minimum absolute atomic E-state index is 0.514. The molecule has 1 aliphatic heterocycles. The van der Waals surface area contributed by atoms with Gasteiger partial charge in [0.1, 0.15) is 0 Å². The Hall–Kier alpha value is -0.0800. The predicted octanol–water partition coefficient (Wildman–Crippen LogP) is 3.09. The van der Waals surface area contributed by atoms with Crippen molar-refractivity contribution in [2.75, 3.05) is 0 Å². The molecule has 1 saturated heterocycles. The number of hydrogen-bond acceptors (Lipinski definition) is 2. The van der Waals surface area contributed by atoms with Crippen LogP contribution in [0.15, 0.2) is 0 Å². The van der Waals surface area contributed by atoms with Gasteiger partial charge in [-0.1, -0.05) is 27.2 Å². The summed E-state index contributed by atoms with van der Waals surface area (Å²) in [6.07, 6.45) is 8.72. The Morgan fingerprint density at radius 1 is 1.00 bits per heavy atom. The Bertz CT molecular complexity index is 360. The van der Waals surface area contributed by atoms with Gasteiger partial charge in [0.05, 0.1) is 0 Å². The standard InChI is InChI=1S/C16H28N2/c1-15(2)12-7-8-16(15,3)14-11(12)9-13(17-18-14)10-5-4-6-10/h10-14,17-18H,4-9H2,1-3H3/t11?,12-,13?,14?,16-/m1/s1. The quantitative estimate of drug-likeness (QED) is 0.745. The fourth-order valence-electron chi connectivity index (χ4n) is 5.84. The van der Waals surface area contributed by atoms with Gasteiger partial charge < -0.3 is 0 Å². The second-order valence-corrected chi connectivity index (χ2v) is 8.25. The summed E-state index contributed by atoms with van der Waals surface area (Å²) >= 11 is 0. The van der Waals surface area contributed by atoms with E-state index in [0.29, 0.717) is 10.8 Å². The molecule has 0 spiro atoms. The van der Waals surface area contributed by atoms with Crippen LogP contribution < -0.4 is 10.9 Å². The molecule has 4 aliphatic rings. The monoisotopic (exact) mass is 248 g/mol. The number of nitrogens with one attached hydrogen (secondary N) is 2. The zero-order valence-electron chi connectivity index (χ0n) is 12.1. The van der Waals surface area contributed by atoms with Crippen LogP contribution in [-0.2, 0) is 0 Å². The Morgan fingerprint density at radius 2 is 1.78 bits per heavy atom. The Kier molecular flexibility index (Phi) is 2.29. The molecule has 3 unspecified atom stereocenters. The molecule has 0 aromatic rings. The Labute approximate surface area is 111 Å². The first-order chi connectivity index (χ1) is 8.54. The summed E-state index contributed by atoms with van der Waals surface area (Å²) in [5.74, 6) is 2.86. The first kappa shape index (κ1) is 11.7. The van der Waals surface area contributed by atoms with E-state index in [-0.39, 0.29) is 0 Å². The summed E-state index contributed by atoms with van der Waals surface area (Å²) in [7, 11) is 0. The van der Waals surface area contributed by atoms with Crippen LogP contribution in [0.25, 0.3) is 0 Å². The minimum atomic E-state index is 0.514. The summed E-state index contributed by atoms with van der Waals surface area (Å²) in [6.45, 7) is 7.60. The molecule has 102 valence electrons. The first-order valence-corrected chi connectivity index (χ1v) is 8.05. The van der Waals surface area contributed by atoms with Crippen molar-refractivity contribution in [3.05, 3.63) is 0 Å². The lowest BCUT2D eigenvalue weighted by atomic mass is 9.68. The normalized spacial score (nSPS) is 54.2. The summed E-state index contributed by atoms with van der Waals surface area (Å²) in [4.78, 5) is 0. The molecule has 2 heteroatoms. The number of fused-ring (bicyclic) bond motifs is 5. The lowest BCUT2D eigenvalue weighted by Gasteiger charge is -2.48. The predicted molar refractivity (Wildman–Crippen MR) is 73.9 cm³/mol. The highest BCUT2D eigenvalue weighted by Crippen LogP contribution is 2.68. The summed E-state index contributed by atoms with van der Waals surface area (Å²) in [5, 5.41) is 0. The molecule has 2 N–H and O–H groups in total. The van der Waals surface area contributed by atoms with Crippen LogP contribution in [0.5, 0.6) is 0 Å². The van der Waals surface area contributed by atoms with Gasteiger partial charge in [-0.25, -0.2) is 0 Å². The largest absolute Gasteiger partial charge is 0.254 e. The van der Waals surface area contributed by atoms with Gasteiger partial charge in [-0.3, -0.25) is 10.9 Å². The fraction of sp³-hybridized carbons (Fsp3) is 1.00. The topological polar surface area (TPSA) is 24.1 Å². The zero-order chi connectivity index (χ0) is 12.5. The van der Waals surface area contributed by atoms with Crippen molar-refractivity contribution in [1.82, 2.24) is 10.9 Å². The van der Waals surface area contributed by atoms with Gasteiger partial charge in [-0.2, -0.15) is 0 Å². The van der Waals surface area contributed by atoms with Gasteiger partial charge >= 0.3 is 0 Å². The number of hydrazine groups is 1. The van der Waals surface area contributed by atoms with E-state index >= 15 is 0 Å². The van der Waals surface area contributed by atoms with Crippen molar-refractivity contribution in [3.63, 3.8) is 0 Å². The maximum absolute atomic E-state index is 3.76. The van der Waals surface area contributed by atoms with Gasteiger partial charge in [0.15, 0.2) is 0 Å². The van der Waals surface area contributed by atoms with Crippen molar-refractivity contribution in [2.24, 2.45) is 28.6 Å². The van der Waals surface area contributed by atoms with Gasteiger partial charge in [0.2, 0.25) is 0 Å². The lowest BCUT2D eigenvalue weighted by molar-refractivity contribution is 0.0544. The highest BCUT2D eigenvalue weighted by Gasteiger charge is 2.66. The average molecular weight is 248 g/mol. The van der Waals surface area contributed by atoms with E-state index in [0.717, 1.165) is 29.8 Å². The zero-order valence-corrected chi connectivity index (χ0v) is 12.1. The van der Waals surface area contributed by atoms with Crippen molar-refractivity contribution >= 4 is 0 Å². The molecule has 4 fully saturated rings. The molecule has 18 heavy (non-hydrogen) atoms. The molecule has 2 nitrogen and oxygen atoms in total. The average Bonchev–Trinajstić information content (AvgIpc) is 2.57. The second-order valence-electron chi connectivity index (χ2n) is 8.25. The molecular weight excluding hydrogens is 220 g/mol. The van der Waals surface area contributed by atoms with Crippen LogP contribution in [0.1, 0.15) is 59.3 Å². The maximum atomic E-state index is 3.76. The molecular formula is C16H28N2. The molecule has 4 rings (SSSR count). The van der Waals surface area contributed by atoms with E-state index in [1.807, 2.05) is 0 Å². The highest BCUT2D eigenvalue weighted by molar-refractivity contribution is 5.18. The van der Waals surface area contributed by atoms with Gasteiger partial charge in [-0.05, 0) is 60.7 Å². The van der Waals surface area contributed by atoms with Crippen LogP contribution in [0, 0.1) is 28.6 Å². The molecule has 3 saturated carbocycles. The van der Waals surface area contributed by atoms with Gasteiger partial charge in [0, 0.05) is 12.1 Å². The first-order valence-electron chi connectivity index (χ1n) is 8.05. The molecule has 0 aromatic carbocycles. The lowest BCUT2D eigenvalue weighted by Crippen LogP contribution is -2.62. The van der Waals surface area contributed by atoms with E-state index < -0.39 is 0 Å². The SMILES string of the molecule is CC1(C)[C@@H]2CC[C@]1(C)C1NNC(C3CCC3)CC12. The third-order valence-corrected chi connectivity index (χ3v) is 7.67. The van der Waals surface area contributed by atoms with Crippen molar-refractivity contribution in [2.45, 2.75) is 71.4 Å². The third kappa shape index (κ3) is 1.22. The van der Waals surface area contributed by atoms with Crippen LogP contribution in [-0.4, -0.2) is 12.1 Å². The minimum Gasteiger partial charge on any atom is -0.254 e. The molecule has 3 aliphatic carbocycles. The molecule has 5 atom stereocenters. The van der Waals surface area contributed by atoms with Crippen molar-refractivity contribution in [3.8, 4) is 0 Å². The summed E-state index contributed by atoms with van der Waals surface area (Å²) in [5.41, 5.74) is 8.50.